The van der Waals surface area contributed by atoms with Crippen LogP contribution < -0.4 is 4.90 Å². The van der Waals surface area contributed by atoms with Gasteiger partial charge in [0.2, 0.25) is 0 Å². The van der Waals surface area contributed by atoms with E-state index in [0.29, 0.717) is 17.5 Å². The van der Waals surface area contributed by atoms with E-state index in [1.165, 1.54) is 27.9 Å². The fourth-order valence-electron chi connectivity index (χ4n) is 10.4. The van der Waals surface area contributed by atoms with E-state index in [9.17, 15) is 0 Å². The molecule has 1 heterocycles. The lowest BCUT2D eigenvalue weighted by Crippen LogP contribution is -2.29. The van der Waals surface area contributed by atoms with E-state index in [4.69, 9.17) is 15.0 Å². The summed E-state index contributed by atoms with van der Waals surface area (Å²) in [4.78, 5) is 19.0. The summed E-state index contributed by atoms with van der Waals surface area (Å²) in [6.45, 7) is 13.9. The van der Waals surface area contributed by atoms with Crippen molar-refractivity contribution < 1.29 is 0 Å². The molecule has 0 bridgehead atoms. The Morgan fingerprint density at radius 3 is 1.03 bits per heavy atom. The second kappa shape index (κ2) is 21.5. The van der Waals surface area contributed by atoms with Crippen LogP contribution in [0.2, 0.25) is 0 Å². The maximum atomic E-state index is 5.55. The maximum absolute atomic E-state index is 5.55. The van der Waals surface area contributed by atoms with Crippen LogP contribution in [0.4, 0.5) is 11.4 Å². The summed E-state index contributed by atoms with van der Waals surface area (Å²) >= 11 is 0. The van der Waals surface area contributed by atoms with Gasteiger partial charge in [-0.1, -0.05) is 240 Å². The highest BCUT2D eigenvalue weighted by Gasteiger charge is 2.30. The van der Waals surface area contributed by atoms with Gasteiger partial charge in [0.1, 0.15) is 0 Å². The highest BCUT2D eigenvalue weighted by molar-refractivity contribution is 6.00. The SMILES string of the molecule is CCc1cc(C(C)(C)C)cc(-c2ccccc2)c1N(c1c(-c2ccccc2)cc(-c2nc(-c3ccc(-c4ccccc4)cc3)nc(-c3cc(-c4ccccc4)cc(-c4ccccc4)c3)n2)cc1-c1ccccc1)C(C)C. The van der Waals surface area contributed by atoms with Gasteiger partial charge in [-0.2, -0.15) is 0 Å². The molecule has 0 saturated carbocycles. The number of hydrogen-bond donors (Lipinski definition) is 0. The minimum Gasteiger partial charge on any atom is -0.337 e. The molecule has 0 aliphatic rings. The van der Waals surface area contributed by atoms with Crippen LogP contribution in [-0.4, -0.2) is 21.0 Å². The third-order valence-electron chi connectivity index (χ3n) is 14.3. The number of anilines is 2. The summed E-state index contributed by atoms with van der Waals surface area (Å²) in [5, 5.41) is 0. The second-order valence-corrected chi connectivity index (χ2v) is 20.9. The fraction of sp³-hybridized carbons (Fsp3) is 0.125. The molecular formula is C72H62N4. The van der Waals surface area contributed by atoms with Crippen molar-refractivity contribution in [3.8, 4) is 101 Å². The number of aromatic nitrogens is 3. The molecule has 0 aliphatic heterocycles. The Balaban J connectivity index is 1.20. The summed E-state index contributed by atoms with van der Waals surface area (Å²) in [7, 11) is 0. The molecule has 0 fully saturated rings. The summed E-state index contributed by atoms with van der Waals surface area (Å²) in [5.41, 5.74) is 21.1. The first-order chi connectivity index (χ1) is 37.1. The van der Waals surface area contributed by atoms with Gasteiger partial charge in [0.25, 0.3) is 0 Å². The molecule has 0 N–H and O–H groups in total. The van der Waals surface area contributed by atoms with Gasteiger partial charge in [0.05, 0.1) is 11.4 Å². The molecule has 76 heavy (non-hydrogen) atoms. The van der Waals surface area contributed by atoms with Crippen LogP contribution in [0.25, 0.3) is 101 Å². The Bertz CT molecular complexity index is 3640. The zero-order valence-electron chi connectivity index (χ0n) is 44.2. The number of nitrogens with zero attached hydrogens (tertiary/aromatic N) is 4. The average molecular weight is 983 g/mol. The van der Waals surface area contributed by atoms with Crippen molar-refractivity contribution in [1.29, 1.82) is 0 Å². The third kappa shape index (κ3) is 10.3. The van der Waals surface area contributed by atoms with Crippen molar-refractivity contribution >= 4 is 11.4 Å². The van der Waals surface area contributed by atoms with Gasteiger partial charge in [-0.25, -0.2) is 15.0 Å². The minimum absolute atomic E-state index is 0.0500. The van der Waals surface area contributed by atoms with Crippen molar-refractivity contribution in [2.45, 2.75) is 59.4 Å². The van der Waals surface area contributed by atoms with Crippen molar-refractivity contribution in [2.75, 3.05) is 4.90 Å². The van der Waals surface area contributed by atoms with Gasteiger partial charge < -0.3 is 4.90 Å². The molecule has 4 nitrogen and oxygen atoms in total. The summed E-state index contributed by atoms with van der Waals surface area (Å²) in [6, 6.07) is 89.1. The second-order valence-electron chi connectivity index (χ2n) is 20.9. The summed E-state index contributed by atoms with van der Waals surface area (Å²) < 4.78 is 0. The quantitative estimate of drug-likeness (QED) is 0.115. The van der Waals surface area contributed by atoms with Gasteiger partial charge in [-0.15, -0.1) is 0 Å². The van der Waals surface area contributed by atoms with Crippen LogP contribution in [0.5, 0.6) is 0 Å². The zero-order valence-corrected chi connectivity index (χ0v) is 44.2. The molecule has 0 saturated heterocycles. The van der Waals surface area contributed by atoms with Gasteiger partial charge in [-0.05, 0) is 123 Å². The van der Waals surface area contributed by atoms with Gasteiger partial charge >= 0.3 is 0 Å². The lowest BCUT2D eigenvalue weighted by Gasteiger charge is -2.37. The smallest absolute Gasteiger partial charge is 0.164 e. The van der Waals surface area contributed by atoms with Crippen LogP contribution in [-0.2, 0) is 11.8 Å². The van der Waals surface area contributed by atoms with Crippen molar-refractivity contribution in [1.82, 2.24) is 15.0 Å². The molecular weight excluding hydrogens is 921 g/mol. The summed E-state index contributed by atoms with van der Waals surface area (Å²) in [6.07, 6.45) is 0.863. The lowest BCUT2D eigenvalue weighted by atomic mass is 9.82. The van der Waals surface area contributed by atoms with E-state index in [1.54, 1.807) is 0 Å². The fourth-order valence-corrected chi connectivity index (χ4v) is 10.4. The number of benzene rings is 10. The molecule has 0 amide bonds. The molecule has 0 spiro atoms. The van der Waals surface area contributed by atoms with E-state index in [-0.39, 0.29) is 11.5 Å². The Morgan fingerprint density at radius 2 is 0.645 bits per heavy atom. The highest BCUT2D eigenvalue weighted by Crippen LogP contribution is 2.50. The first-order valence-electron chi connectivity index (χ1n) is 26.6. The predicted octanol–water partition coefficient (Wildman–Crippen LogP) is 19.3. The predicted molar refractivity (Wildman–Crippen MR) is 321 cm³/mol. The first kappa shape index (κ1) is 49.2. The van der Waals surface area contributed by atoms with Crippen LogP contribution in [0, 0.1) is 0 Å². The zero-order chi connectivity index (χ0) is 52.2. The van der Waals surface area contributed by atoms with Crippen molar-refractivity contribution in [3.05, 3.63) is 260 Å². The lowest BCUT2D eigenvalue weighted by molar-refractivity contribution is 0.589. The van der Waals surface area contributed by atoms with E-state index in [0.717, 1.165) is 84.4 Å². The minimum atomic E-state index is -0.0567. The van der Waals surface area contributed by atoms with E-state index in [2.05, 4.69) is 295 Å². The molecule has 11 aromatic rings. The van der Waals surface area contributed by atoms with Crippen LogP contribution in [0.3, 0.4) is 0 Å². The Hall–Kier alpha value is -8.99. The van der Waals surface area contributed by atoms with E-state index >= 15 is 0 Å². The van der Waals surface area contributed by atoms with Crippen LogP contribution in [0.15, 0.2) is 249 Å². The number of rotatable bonds is 13. The van der Waals surface area contributed by atoms with Crippen LogP contribution >= 0.6 is 0 Å². The molecule has 11 rings (SSSR count). The molecule has 1 aromatic heterocycles. The van der Waals surface area contributed by atoms with Gasteiger partial charge in [0.15, 0.2) is 17.5 Å². The normalized spacial score (nSPS) is 11.5. The van der Waals surface area contributed by atoms with E-state index in [1.807, 2.05) is 0 Å². The van der Waals surface area contributed by atoms with Gasteiger partial charge in [0, 0.05) is 39.4 Å². The summed E-state index contributed by atoms with van der Waals surface area (Å²) in [5.74, 6) is 1.78. The molecule has 4 heteroatoms. The van der Waals surface area contributed by atoms with Crippen molar-refractivity contribution in [2.24, 2.45) is 0 Å². The van der Waals surface area contributed by atoms with Crippen LogP contribution in [0.1, 0.15) is 52.7 Å². The van der Waals surface area contributed by atoms with Gasteiger partial charge in [-0.3, -0.25) is 0 Å². The third-order valence-corrected chi connectivity index (χ3v) is 14.3. The molecule has 0 atom stereocenters. The molecule has 370 valence electrons. The Kier molecular flexibility index (Phi) is 13.9. The molecule has 0 aliphatic carbocycles. The first-order valence-corrected chi connectivity index (χ1v) is 26.6. The number of aryl methyl sites for hydroxylation is 1. The Morgan fingerprint density at radius 1 is 0.329 bits per heavy atom. The molecule has 0 unspecified atom stereocenters. The largest absolute Gasteiger partial charge is 0.337 e. The molecule has 10 aromatic carbocycles. The van der Waals surface area contributed by atoms with Crippen molar-refractivity contribution in [3.63, 3.8) is 0 Å². The monoisotopic (exact) mass is 982 g/mol. The number of hydrogen-bond acceptors (Lipinski definition) is 4. The Labute approximate surface area is 449 Å². The average Bonchev–Trinajstić information content (AvgIpc) is 3.48. The van der Waals surface area contributed by atoms with E-state index < -0.39 is 0 Å². The maximum Gasteiger partial charge on any atom is 0.164 e. The molecule has 0 radical (unpaired) electrons. The topological polar surface area (TPSA) is 41.9 Å². The highest BCUT2D eigenvalue weighted by atomic mass is 15.2. The standard InChI is InChI=1S/C72H62N4/c1-7-50-45-63(72(4,5)6)48-66(57-36-24-13-25-37-57)67(50)76(49(2)3)68-64(55-32-20-11-21-33-55)46-62(47-65(68)56-34-22-12-23-35-56)71-74-69(58-40-38-54(39-41-58)51-26-14-8-15-27-51)73-70(75-71)61-43-59(52-28-16-9-17-29-52)42-60(44-61)53-30-18-10-19-31-53/h8-49H,7H2,1-6H3.